The second-order valence-corrected chi connectivity index (χ2v) is 8.16. The molecule has 0 unspecified atom stereocenters. The summed E-state index contributed by atoms with van der Waals surface area (Å²) in [7, 11) is -3.23. The SMILES string of the molecule is C[S+](C)c1ccc(S(=O)(=O)c2ccccc2)cc1. The van der Waals surface area contributed by atoms with E-state index < -0.39 is 9.84 Å². The molecule has 0 saturated heterocycles. The van der Waals surface area contributed by atoms with Crippen molar-refractivity contribution >= 4 is 20.7 Å². The third-order valence-electron chi connectivity index (χ3n) is 2.66. The predicted molar refractivity (Wildman–Crippen MR) is 75.8 cm³/mol. The van der Waals surface area contributed by atoms with Gasteiger partial charge in [0.1, 0.15) is 12.5 Å². The van der Waals surface area contributed by atoms with Gasteiger partial charge in [-0.2, -0.15) is 0 Å². The molecule has 0 saturated carbocycles. The molecule has 4 heteroatoms. The highest BCUT2D eigenvalue weighted by Crippen LogP contribution is 2.21. The van der Waals surface area contributed by atoms with Crippen molar-refractivity contribution in [2.24, 2.45) is 0 Å². The van der Waals surface area contributed by atoms with Gasteiger partial charge >= 0.3 is 0 Å². The van der Waals surface area contributed by atoms with E-state index in [1.54, 1.807) is 36.4 Å². The van der Waals surface area contributed by atoms with Crippen LogP contribution >= 0.6 is 0 Å². The van der Waals surface area contributed by atoms with Crippen LogP contribution in [0.15, 0.2) is 69.3 Å². The minimum atomic E-state index is -3.38. The van der Waals surface area contributed by atoms with Gasteiger partial charge < -0.3 is 0 Å². The van der Waals surface area contributed by atoms with E-state index in [9.17, 15) is 8.42 Å². The molecule has 0 spiro atoms. The van der Waals surface area contributed by atoms with Gasteiger partial charge in [-0.25, -0.2) is 8.42 Å². The fraction of sp³-hybridized carbons (Fsp3) is 0.143. The monoisotopic (exact) mass is 279 g/mol. The standard InChI is InChI=1S/C14H15O2S2/c1-17(2)12-8-10-14(11-9-12)18(15,16)13-6-4-3-5-7-13/h3-11H,1-2H3/q+1. The number of sulfone groups is 1. The molecule has 0 amide bonds. The summed E-state index contributed by atoms with van der Waals surface area (Å²) in [5, 5.41) is 0. The summed E-state index contributed by atoms with van der Waals surface area (Å²) in [6.45, 7) is 0. The van der Waals surface area contributed by atoms with E-state index in [1.807, 2.05) is 18.2 Å². The van der Waals surface area contributed by atoms with E-state index in [2.05, 4.69) is 12.5 Å². The van der Waals surface area contributed by atoms with Crippen LogP contribution in [0.1, 0.15) is 0 Å². The lowest BCUT2D eigenvalue weighted by atomic mass is 10.4. The van der Waals surface area contributed by atoms with Gasteiger partial charge in [0.05, 0.1) is 9.79 Å². The molecule has 0 aliphatic rings. The van der Waals surface area contributed by atoms with E-state index in [0.717, 1.165) is 0 Å². The van der Waals surface area contributed by atoms with E-state index in [1.165, 1.54) is 4.90 Å². The Morgan fingerprint density at radius 1 is 0.778 bits per heavy atom. The molecular weight excluding hydrogens is 264 g/mol. The van der Waals surface area contributed by atoms with E-state index in [0.29, 0.717) is 9.79 Å². The van der Waals surface area contributed by atoms with Crippen LogP contribution in [0.4, 0.5) is 0 Å². The van der Waals surface area contributed by atoms with Crippen molar-refractivity contribution in [2.45, 2.75) is 14.7 Å². The number of rotatable bonds is 3. The van der Waals surface area contributed by atoms with Crippen molar-refractivity contribution in [3.05, 3.63) is 54.6 Å². The maximum absolute atomic E-state index is 12.3. The Morgan fingerprint density at radius 2 is 1.28 bits per heavy atom. The first-order valence-corrected chi connectivity index (χ1v) is 9.02. The Morgan fingerprint density at radius 3 is 1.78 bits per heavy atom. The summed E-state index contributed by atoms with van der Waals surface area (Å²) < 4.78 is 24.6. The molecule has 0 N–H and O–H groups in total. The van der Waals surface area contributed by atoms with Gasteiger partial charge in [-0.05, 0) is 36.4 Å². The Labute approximate surface area is 111 Å². The summed E-state index contributed by atoms with van der Waals surface area (Å²) >= 11 is 0. The highest BCUT2D eigenvalue weighted by Gasteiger charge is 2.18. The Balaban J connectivity index is 2.43. The van der Waals surface area contributed by atoms with Gasteiger partial charge in [0.15, 0.2) is 4.90 Å². The maximum atomic E-state index is 12.3. The second-order valence-electron chi connectivity index (χ2n) is 4.10. The molecule has 0 heterocycles. The number of hydrogen-bond acceptors (Lipinski definition) is 2. The van der Waals surface area contributed by atoms with Crippen LogP contribution < -0.4 is 0 Å². The van der Waals surface area contributed by atoms with Crippen molar-refractivity contribution in [1.82, 2.24) is 0 Å². The molecule has 0 radical (unpaired) electrons. The van der Waals surface area contributed by atoms with Crippen LogP contribution in [0.5, 0.6) is 0 Å². The van der Waals surface area contributed by atoms with Crippen LogP contribution in [0.3, 0.4) is 0 Å². The van der Waals surface area contributed by atoms with Crippen LogP contribution in [-0.2, 0) is 20.7 Å². The maximum Gasteiger partial charge on any atom is 0.206 e. The lowest BCUT2D eigenvalue weighted by molar-refractivity contribution is 0.596. The smallest absolute Gasteiger partial charge is 0.206 e. The molecule has 2 aromatic carbocycles. The average Bonchev–Trinajstić information content (AvgIpc) is 2.40. The molecule has 18 heavy (non-hydrogen) atoms. The summed E-state index contributed by atoms with van der Waals surface area (Å²) in [6.07, 6.45) is 4.22. The molecule has 0 atom stereocenters. The summed E-state index contributed by atoms with van der Waals surface area (Å²) in [5.41, 5.74) is 0. The zero-order valence-electron chi connectivity index (χ0n) is 10.3. The van der Waals surface area contributed by atoms with E-state index in [-0.39, 0.29) is 10.9 Å². The molecule has 2 aromatic rings. The number of hydrogen-bond donors (Lipinski definition) is 0. The Hall–Kier alpha value is -1.26. The molecule has 94 valence electrons. The van der Waals surface area contributed by atoms with Crippen molar-refractivity contribution in [3.8, 4) is 0 Å². The average molecular weight is 279 g/mol. The van der Waals surface area contributed by atoms with E-state index >= 15 is 0 Å². The lowest BCUT2D eigenvalue weighted by Crippen LogP contribution is -2.02. The largest absolute Gasteiger partial charge is 0.219 e. The summed E-state index contributed by atoms with van der Waals surface area (Å²) in [4.78, 5) is 1.86. The third-order valence-corrected chi connectivity index (χ3v) is 5.66. The van der Waals surface area contributed by atoms with Crippen molar-refractivity contribution in [2.75, 3.05) is 12.5 Å². The van der Waals surface area contributed by atoms with E-state index in [4.69, 9.17) is 0 Å². The number of benzene rings is 2. The highest BCUT2D eigenvalue weighted by atomic mass is 32.2. The van der Waals surface area contributed by atoms with Gasteiger partial charge in [0.25, 0.3) is 0 Å². The van der Waals surface area contributed by atoms with Gasteiger partial charge in [-0.1, -0.05) is 18.2 Å². The van der Waals surface area contributed by atoms with Gasteiger partial charge in [0.2, 0.25) is 9.84 Å². The van der Waals surface area contributed by atoms with Crippen LogP contribution in [0.25, 0.3) is 0 Å². The van der Waals surface area contributed by atoms with Crippen molar-refractivity contribution in [3.63, 3.8) is 0 Å². The second kappa shape index (κ2) is 5.16. The first-order valence-electron chi connectivity index (χ1n) is 5.49. The minimum absolute atomic E-state index is 0.147. The van der Waals surface area contributed by atoms with Crippen LogP contribution in [0, 0.1) is 0 Å². The topological polar surface area (TPSA) is 34.1 Å². The fourth-order valence-electron chi connectivity index (χ4n) is 1.63. The zero-order chi connectivity index (χ0) is 13.2. The molecule has 0 fully saturated rings. The zero-order valence-corrected chi connectivity index (χ0v) is 12.0. The first-order chi connectivity index (χ1) is 8.51. The summed E-state index contributed by atoms with van der Waals surface area (Å²) in [6, 6.07) is 15.7. The molecule has 2 rings (SSSR count). The van der Waals surface area contributed by atoms with Crippen molar-refractivity contribution < 1.29 is 8.42 Å². The van der Waals surface area contributed by atoms with Gasteiger partial charge in [-0.3, -0.25) is 0 Å². The molecule has 0 aromatic heterocycles. The van der Waals surface area contributed by atoms with Gasteiger partial charge in [0, 0.05) is 10.9 Å². The van der Waals surface area contributed by atoms with Gasteiger partial charge in [-0.15, -0.1) is 0 Å². The predicted octanol–water partition coefficient (Wildman–Crippen LogP) is 2.76. The molecule has 2 nitrogen and oxygen atoms in total. The first kappa shape index (κ1) is 13.2. The fourth-order valence-corrected chi connectivity index (χ4v) is 3.59. The molecule has 0 bridgehead atoms. The highest BCUT2D eigenvalue weighted by molar-refractivity contribution is 7.95. The molecular formula is C14H15O2S2+. The summed E-state index contributed by atoms with van der Waals surface area (Å²) in [5.74, 6) is 0. The normalized spacial score (nSPS) is 11.7. The minimum Gasteiger partial charge on any atom is -0.219 e. The quantitative estimate of drug-likeness (QED) is 0.810. The van der Waals surface area contributed by atoms with Crippen LogP contribution in [-0.4, -0.2) is 20.9 Å². The lowest BCUT2D eigenvalue weighted by Gasteiger charge is -2.04. The van der Waals surface area contributed by atoms with Crippen LogP contribution in [0.2, 0.25) is 0 Å². The Bertz CT molecular complexity index is 615. The molecule has 0 aliphatic carbocycles. The third kappa shape index (κ3) is 2.60. The molecule has 0 aliphatic heterocycles. The van der Waals surface area contributed by atoms with Crippen molar-refractivity contribution in [1.29, 1.82) is 0 Å². The Kier molecular flexibility index (Phi) is 3.78.